The molecule has 0 radical (unpaired) electrons. The van der Waals surface area contributed by atoms with E-state index in [4.69, 9.17) is 9.47 Å². The van der Waals surface area contributed by atoms with Gasteiger partial charge < -0.3 is 24.5 Å². The molecule has 2 heterocycles. The van der Waals surface area contributed by atoms with Crippen LogP contribution in [0.15, 0.2) is 150 Å². The van der Waals surface area contributed by atoms with Crippen molar-refractivity contribution < 1.29 is 27.8 Å². The van der Waals surface area contributed by atoms with Crippen LogP contribution in [-0.4, -0.2) is 46.9 Å². The van der Waals surface area contributed by atoms with Crippen LogP contribution in [0.1, 0.15) is 52.7 Å². The summed E-state index contributed by atoms with van der Waals surface area (Å²) in [4.78, 5) is 18.2. The highest BCUT2D eigenvalue weighted by molar-refractivity contribution is 7.99. The number of rotatable bonds is 15. The Bertz CT molecular complexity index is 2390. The first-order valence-electron chi connectivity index (χ1n) is 19.3. The van der Waals surface area contributed by atoms with Crippen LogP contribution in [-0.2, 0) is 50.9 Å². The molecule has 10 nitrogen and oxygen atoms in total. The number of aliphatic hydroxyl groups excluding tert-OH is 1. The molecule has 12 heteroatoms. The van der Waals surface area contributed by atoms with Crippen LogP contribution in [0.2, 0.25) is 0 Å². The number of benzene rings is 5. The number of carbonyl (C=O) groups excluding carboxylic acids is 1. The van der Waals surface area contributed by atoms with Gasteiger partial charge in [-0.15, -0.1) is 0 Å². The highest BCUT2D eigenvalue weighted by Crippen LogP contribution is 2.43. The molecule has 1 aliphatic rings. The summed E-state index contributed by atoms with van der Waals surface area (Å²) in [6.07, 6.45) is 2.96. The largest absolute Gasteiger partial charge is 0.392 e. The minimum Gasteiger partial charge on any atom is -0.392 e. The monoisotopic (exact) mass is 816 g/mol. The molecule has 0 bridgehead atoms. The third-order valence-electron chi connectivity index (χ3n) is 10.4. The molecule has 300 valence electrons. The van der Waals surface area contributed by atoms with E-state index in [9.17, 15) is 18.3 Å². The van der Waals surface area contributed by atoms with Crippen molar-refractivity contribution in [1.29, 1.82) is 0 Å². The van der Waals surface area contributed by atoms with Crippen LogP contribution in [0.3, 0.4) is 0 Å². The second kappa shape index (κ2) is 18.7. The van der Waals surface area contributed by atoms with E-state index in [0.717, 1.165) is 49.7 Å². The number of amides is 1. The van der Waals surface area contributed by atoms with Crippen molar-refractivity contribution in [2.45, 2.75) is 68.0 Å². The zero-order valence-corrected chi connectivity index (χ0v) is 34.3. The number of aliphatic hydroxyl groups is 1. The summed E-state index contributed by atoms with van der Waals surface area (Å²) in [5.41, 5.74) is 7.35. The first-order chi connectivity index (χ1) is 28.1. The summed E-state index contributed by atoms with van der Waals surface area (Å²) in [5.74, 6) is 0.327. The van der Waals surface area contributed by atoms with Gasteiger partial charge in [0.1, 0.15) is 6.04 Å². The summed E-state index contributed by atoms with van der Waals surface area (Å²) in [6.45, 7) is 4.23. The SMILES string of the molecule is Cc1ccc(S(=O)(=O)N[C@H](Cc2ccccc2)C(=O)NCc2cccc(-c3ccc([C@@H]4O[C@H](CSc5nccn5C)[C@H](C)[C@H](c5ccc(CO)cc5)O4)cc3)c2)cc1. The highest BCUT2D eigenvalue weighted by Gasteiger charge is 2.38. The number of nitrogens with one attached hydrogen (secondary N) is 2. The van der Waals surface area contributed by atoms with Gasteiger partial charge in [0.2, 0.25) is 15.9 Å². The molecule has 6 aromatic rings. The van der Waals surface area contributed by atoms with Crippen LogP contribution >= 0.6 is 11.8 Å². The van der Waals surface area contributed by atoms with Crippen molar-refractivity contribution in [3.8, 4) is 11.1 Å². The third kappa shape index (κ3) is 10.1. The number of carbonyl (C=O) groups is 1. The normalized spacial score (nSPS) is 18.8. The molecule has 0 aliphatic carbocycles. The number of hydrogen-bond acceptors (Lipinski definition) is 8. The molecule has 0 spiro atoms. The minimum absolute atomic E-state index is 0.0198. The molecular formula is C46H48N4O6S2. The molecule has 0 saturated carbocycles. The average molecular weight is 817 g/mol. The lowest BCUT2D eigenvalue weighted by Crippen LogP contribution is -2.47. The zero-order chi connectivity index (χ0) is 40.6. The molecule has 7 rings (SSSR count). The number of sulfonamides is 1. The fourth-order valence-electron chi connectivity index (χ4n) is 6.97. The maximum atomic E-state index is 13.7. The molecule has 58 heavy (non-hydrogen) atoms. The molecule has 1 saturated heterocycles. The molecule has 1 fully saturated rings. The molecule has 5 atom stereocenters. The molecule has 5 aromatic carbocycles. The molecule has 1 aliphatic heterocycles. The van der Waals surface area contributed by atoms with E-state index in [2.05, 4.69) is 21.9 Å². The Hall–Kier alpha value is -5.08. The number of thioether (sulfide) groups is 1. The Morgan fingerprint density at radius 1 is 0.845 bits per heavy atom. The predicted octanol–water partition coefficient (Wildman–Crippen LogP) is 7.68. The molecular weight excluding hydrogens is 769 g/mol. The lowest BCUT2D eigenvalue weighted by molar-refractivity contribution is -0.268. The highest BCUT2D eigenvalue weighted by atomic mass is 32.2. The van der Waals surface area contributed by atoms with Crippen molar-refractivity contribution >= 4 is 27.7 Å². The van der Waals surface area contributed by atoms with Crippen molar-refractivity contribution in [1.82, 2.24) is 19.6 Å². The van der Waals surface area contributed by atoms with E-state index in [0.29, 0.717) is 5.75 Å². The summed E-state index contributed by atoms with van der Waals surface area (Å²) < 4.78 is 44.7. The Balaban J connectivity index is 1.05. The second-order valence-corrected chi connectivity index (χ2v) is 17.4. The van der Waals surface area contributed by atoms with Crippen LogP contribution < -0.4 is 10.0 Å². The Morgan fingerprint density at radius 3 is 2.24 bits per heavy atom. The van der Waals surface area contributed by atoms with E-state index in [1.54, 1.807) is 42.2 Å². The molecule has 1 aromatic heterocycles. The van der Waals surface area contributed by atoms with Gasteiger partial charge in [-0.1, -0.05) is 133 Å². The van der Waals surface area contributed by atoms with Gasteiger partial charge in [0.15, 0.2) is 11.4 Å². The summed E-state index contributed by atoms with van der Waals surface area (Å²) >= 11 is 1.66. The van der Waals surface area contributed by atoms with E-state index >= 15 is 0 Å². The average Bonchev–Trinajstić information content (AvgIpc) is 3.66. The van der Waals surface area contributed by atoms with Crippen molar-refractivity contribution in [3.63, 3.8) is 0 Å². The number of aromatic nitrogens is 2. The van der Waals surface area contributed by atoms with E-state index in [1.165, 1.54) is 0 Å². The smallest absolute Gasteiger partial charge is 0.241 e. The van der Waals surface area contributed by atoms with Crippen LogP contribution in [0.4, 0.5) is 0 Å². The maximum Gasteiger partial charge on any atom is 0.241 e. The van der Waals surface area contributed by atoms with Gasteiger partial charge in [-0.25, -0.2) is 13.4 Å². The Kier molecular flexibility index (Phi) is 13.2. The fraction of sp³-hybridized carbons (Fsp3) is 0.261. The van der Waals surface area contributed by atoms with Crippen LogP contribution in [0.25, 0.3) is 11.1 Å². The standard InChI is InChI=1S/C46H48N4O6S2/c1-31-12-22-40(23-13-31)58(53,54)49-41(27-33-8-5-4-6-9-33)44(52)48-28-35-10-7-11-39(26-35)36-18-20-38(21-19-36)45-55-42(30-57-46-47-24-25-50(46)3)32(2)43(56-45)37-16-14-34(29-51)15-17-37/h4-26,32,41-43,45,49,51H,27-30H2,1-3H3,(H,48,52)/t32-,41+,42+,43+,45+/m0/s1. The number of ether oxygens (including phenoxy) is 2. The fourth-order valence-corrected chi connectivity index (χ4v) is 9.26. The lowest BCUT2D eigenvalue weighted by Gasteiger charge is -2.41. The summed E-state index contributed by atoms with van der Waals surface area (Å²) in [6, 6.07) is 38.8. The number of imidazole rings is 1. The lowest BCUT2D eigenvalue weighted by atomic mass is 9.91. The number of hydrogen-bond donors (Lipinski definition) is 3. The Morgan fingerprint density at radius 2 is 1.55 bits per heavy atom. The molecule has 3 N–H and O–H groups in total. The van der Waals surface area contributed by atoms with Crippen LogP contribution in [0, 0.1) is 12.8 Å². The summed E-state index contributed by atoms with van der Waals surface area (Å²) in [5, 5.41) is 13.5. The van der Waals surface area contributed by atoms with Gasteiger partial charge >= 0.3 is 0 Å². The predicted molar refractivity (Wildman–Crippen MR) is 226 cm³/mol. The molecule has 1 amide bonds. The first kappa shape index (κ1) is 41.1. The van der Waals surface area contributed by atoms with Crippen molar-refractivity contribution in [2.75, 3.05) is 5.75 Å². The van der Waals surface area contributed by atoms with Crippen LogP contribution in [0.5, 0.6) is 0 Å². The van der Waals surface area contributed by atoms with Gasteiger partial charge in [-0.05, 0) is 64.9 Å². The maximum absolute atomic E-state index is 13.7. The number of aryl methyl sites for hydroxylation is 2. The minimum atomic E-state index is -3.96. The van der Waals surface area contributed by atoms with Crippen molar-refractivity contribution in [3.05, 3.63) is 173 Å². The Labute approximate surface area is 344 Å². The van der Waals surface area contributed by atoms with E-state index in [1.807, 2.05) is 128 Å². The van der Waals surface area contributed by atoms with E-state index < -0.39 is 28.3 Å². The van der Waals surface area contributed by atoms with Crippen molar-refractivity contribution in [2.24, 2.45) is 13.0 Å². The zero-order valence-electron chi connectivity index (χ0n) is 32.7. The van der Waals surface area contributed by atoms with E-state index in [-0.39, 0.29) is 42.6 Å². The first-order valence-corrected chi connectivity index (χ1v) is 21.7. The van der Waals surface area contributed by atoms with Gasteiger partial charge in [0.05, 0.1) is 23.7 Å². The van der Waals surface area contributed by atoms with Gasteiger partial charge in [0, 0.05) is 43.2 Å². The van der Waals surface area contributed by atoms with Gasteiger partial charge in [-0.3, -0.25) is 4.79 Å². The summed E-state index contributed by atoms with van der Waals surface area (Å²) in [7, 11) is -1.98. The number of nitrogens with zero attached hydrogens (tertiary/aromatic N) is 2. The quantitative estimate of drug-likeness (QED) is 0.0901. The third-order valence-corrected chi connectivity index (χ3v) is 13.0. The van der Waals surface area contributed by atoms with Gasteiger partial charge in [-0.2, -0.15) is 4.72 Å². The molecule has 0 unspecified atom stereocenters. The van der Waals surface area contributed by atoms with Gasteiger partial charge in [0.25, 0.3) is 0 Å². The second-order valence-electron chi connectivity index (χ2n) is 14.7. The topological polar surface area (TPSA) is 132 Å².